The number of likely N-dealkylation sites (tertiary alicyclic amines) is 1. The van der Waals surface area contributed by atoms with Gasteiger partial charge in [-0.25, -0.2) is 0 Å². The van der Waals surface area contributed by atoms with E-state index in [1.165, 1.54) is 5.56 Å². The summed E-state index contributed by atoms with van der Waals surface area (Å²) in [5, 5.41) is 3.03. The van der Waals surface area contributed by atoms with Crippen molar-refractivity contribution in [2.45, 2.75) is 40.2 Å². The minimum Gasteiger partial charge on any atom is -0.352 e. The van der Waals surface area contributed by atoms with E-state index in [0.717, 1.165) is 29.5 Å². The van der Waals surface area contributed by atoms with Crippen molar-refractivity contribution in [3.63, 3.8) is 0 Å². The third-order valence-electron chi connectivity index (χ3n) is 5.14. The largest absolute Gasteiger partial charge is 0.352 e. The van der Waals surface area contributed by atoms with Crippen molar-refractivity contribution in [3.8, 4) is 0 Å². The maximum atomic E-state index is 12.9. The molecule has 142 valence electrons. The summed E-state index contributed by atoms with van der Waals surface area (Å²) in [6.07, 6.45) is 1.69. The zero-order valence-electron chi connectivity index (χ0n) is 16.4. The first-order valence-corrected chi connectivity index (χ1v) is 9.63. The van der Waals surface area contributed by atoms with Crippen LogP contribution in [0.4, 0.5) is 0 Å². The molecule has 0 aromatic heterocycles. The Morgan fingerprint density at radius 3 is 2.33 bits per heavy atom. The molecule has 2 aromatic carbocycles. The quantitative estimate of drug-likeness (QED) is 0.897. The van der Waals surface area contributed by atoms with Gasteiger partial charge in [0.2, 0.25) is 5.91 Å². The number of carbonyl (C=O) groups excluding carboxylic acids is 2. The number of hydrogen-bond donors (Lipinski definition) is 1. The van der Waals surface area contributed by atoms with Gasteiger partial charge in [-0.1, -0.05) is 47.0 Å². The maximum Gasteiger partial charge on any atom is 0.253 e. The summed E-state index contributed by atoms with van der Waals surface area (Å²) in [6.45, 7) is 7.79. The maximum absolute atomic E-state index is 12.9. The van der Waals surface area contributed by atoms with E-state index in [-0.39, 0.29) is 17.7 Å². The molecule has 1 aliphatic heterocycles. The third-order valence-corrected chi connectivity index (χ3v) is 5.14. The summed E-state index contributed by atoms with van der Waals surface area (Å²) in [5.74, 6) is -0.0783. The Kier molecular flexibility index (Phi) is 5.94. The molecule has 0 bridgehead atoms. The zero-order valence-corrected chi connectivity index (χ0v) is 16.4. The van der Waals surface area contributed by atoms with Crippen LogP contribution in [-0.4, -0.2) is 29.8 Å². The number of nitrogens with zero attached hydrogens (tertiary/aromatic N) is 1. The molecule has 1 fully saturated rings. The second kappa shape index (κ2) is 8.38. The van der Waals surface area contributed by atoms with Gasteiger partial charge in [-0.05, 0) is 51.3 Å². The first-order valence-electron chi connectivity index (χ1n) is 9.63. The topological polar surface area (TPSA) is 49.4 Å². The highest BCUT2D eigenvalue weighted by atomic mass is 16.2. The number of piperidine rings is 1. The van der Waals surface area contributed by atoms with Crippen LogP contribution in [0.25, 0.3) is 0 Å². The number of amides is 2. The fraction of sp³-hybridized carbons (Fsp3) is 0.391. The molecule has 0 saturated carbocycles. The molecule has 2 amide bonds. The lowest BCUT2D eigenvalue weighted by Gasteiger charge is -2.32. The van der Waals surface area contributed by atoms with Crippen molar-refractivity contribution in [2.75, 3.05) is 13.1 Å². The molecule has 1 atom stereocenters. The Hall–Kier alpha value is -2.62. The van der Waals surface area contributed by atoms with E-state index in [2.05, 4.69) is 11.4 Å². The molecule has 1 heterocycles. The molecule has 0 spiro atoms. The van der Waals surface area contributed by atoms with Crippen molar-refractivity contribution in [1.82, 2.24) is 10.2 Å². The van der Waals surface area contributed by atoms with Crippen LogP contribution in [0.3, 0.4) is 0 Å². The standard InChI is InChI=1S/C23H28N2O2/c1-16-6-8-19(9-7-16)14-24-22(26)20-5-4-10-25(15-20)23(27)21-12-17(2)11-18(3)13-21/h6-9,11-13,20H,4-5,10,14-15H2,1-3H3,(H,24,26). The predicted octanol–water partition coefficient (Wildman–Crippen LogP) is 3.78. The van der Waals surface area contributed by atoms with Crippen molar-refractivity contribution in [1.29, 1.82) is 0 Å². The monoisotopic (exact) mass is 364 g/mol. The number of carbonyl (C=O) groups is 2. The van der Waals surface area contributed by atoms with E-state index in [4.69, 9.17) is 0 Å². The molecule has 4 nitrogen and oxygen atoms in total. The van der Waals surface area contributed by atoms with Crippen LogP contribution in [0.15, 0.2) is 42.5 Å². The highest BCUT2D eigenvalue weighted by Gasteiger charge is 2.28. The highest BCUT2D eigenvalue weighted by Crippen LogP contribution is 2.20. The summed E-state index contributed by atoms with van der Waals surface area (Å²) in [6, 6.07) is 14.1. The first kappa shape index (κ1) is 19.2. The highest BCUT2D eigenvalue weighted by molar-refractivity contribution is 5.95. The molecule has 0 radical (unpaired) electrons. The van der Waals surface area contributed by atoms with E-state index in [1.54, 1.807) is 0 Å². The Labute approximate surface area is 161 Å². The van der Waals surface area contributed by atoms with Crippen LogP contribution in [0, 0.1) is 26.7 Å². The van der Waals surface area contributed by atoms with Gasteiger partial charge in [0.05, 0.1) is 5.92 Å². The van der Waals surface area contributed by atoms with Crippen molar-refractivity contribution < 1.29 is 9.59 Å². The Bertz CT molecular complexity index is 807. The molecule has 1 N–H and O–H groups in total. The van der Waals surface area contributed by atoms with Gasteiger partial charge in [-0.15, -0.1) is 0 Å². The predicted molar refractivity (Wildman–Crippen MR) is 108 cm³/mol. The summed E-state index contributed by atoms with van der Waals surface area (Å²) >= 11 is 0. The summed E-state index contributed by atoms with van der Waals surface area (Å²) in [4.78, 5) is 27.3. The third kappa shape index (κ3) is 4.97. The number of rotatable bonds is 4. The summed E-state index contributed by atoms with van der Waals surface area (Å²) < 4.78 is 0. The normalized spacial score (nSPS) is 16.9. The molecule has 1 saturated heterocycles. The number of benzene rings is 2. The van der Waals surface area contributed by atoms with Gasteiger partial charge in [-0.2, -0.15) is 0 Å². The van der Waals surface area contributed by atoms with Crippen LogP contribution >= 0.6 is 0 Å². The fourth-order valence-electron chi connectivity index (χ4n) is 3.70. The Balaban J connectivity index is 1.60. The molecule has 1 unspecified atom stereocenters. The molecule has 0 aliphatic carbocycles. The van der Waals surface area contributed by atoms with Gasteiger partial charge in [-0.3, -0.25) is 9.59 Å². The lowest BCUT2D eigenvalue weighted by molar-refractivity contribution is -0.126. The van der Waals surface area contributed by atoms with E-state index >= 15 is 0 Å². The average Bonchev–Trinajstić information content (AvgIpc) is 2.66. The van der Waals surface area contributed by atoms with Gasteiger partial charge < -0.3 is 10.2 Å². The minimum atomic E-state index is -0.140. The first-order chi connectivity index (χ1) is 12.9. The molecule has 2 aromatic rings. The van der Waals surface area contributed by atoms with E-state index in [9.17, 15) is 9.59 Å². The average molecular weight is 364 g/mol. The van der Waals surface area contributed by atoms with E-state index in [0.29, 0.717) is 25.2 Å². The summed E-state index contributed by atoms with van der Waals surface area (Å²) in [5.41, 5.74) is 5.18. The molecule has 1 aliphatic rings. The molecule has 4 heteroatoms. The molecule has 27 heavy (non-hydrogen) atoms. The lowest BCUT2D eigenvalue weighted by Crippen LogP contribution is -2.45. The van der Waals surface area contributed by atoms with Crippen LogP contribution in [-0.2, 0) is 11.3 Å². The van der Waals surface area contributed by atoms with Gasteiger partial charge in [0.1, 0.15) is 0 Å². The van der Waals surface area contributed by atoms with Gasteiger partial charge in [0, 0.05) is 25.2 Å². The number of aryl methyl sites for hydroxylation is 3. The molecular formula is C23H28N2O2. The zero-order chi connectivity index (χ0) is 19.4. The second-order valence-electron chi connectivity index (χ2n) is 7.67. The molecule has 3 rings (SSSR count). The van der Waals surface area contributed by atoms with Crippen molar-refractivity contribution in [2.24, 2.45) is 5.92 Å². The van der Waals surface area contributed by atoms with Gasteiger partial charge in [0.25, 0.3) is 5.91 Å². The van der Waals surface area contributed by atoms with E-state index < -0.39 is 0 Å². The van der Waals surface area contributed by atoms with Gasteiger partial charge >= 0.3 is 0 Å². The fourth-order valence-corrected chi connectivity index (χ4v) is 3.70. The number of hydrogen-bond acceptors (Lipinski definition) is 2. The Morgan fingerprint density at radius 2 is 1.67 bits per heavy atom. The Morgan fingerprint density at radius 1 is 1.00 bits per heavy atom. The van der Waals surface area contributed by atoms with Crippen molar-refractivity contribution in [3.05, 3.63) is 70.3 Å². The summed E-state index contributed by atoms with van der Waals surface area (Å²) in [7, 11) is 0. The van der Waals surface area contributed by atoms with E-state index in [1.807, 2.05) is 62.1 Å². The second-order valence-corrected chi connectivity index (χ2v) is 7.67. The van der Waals surface area contributed by atoms with Crippen LogP contribution in [0.2, 0.25) is 0 Å². The lowest BCUT2D eigenvalue weighted by atomic mass is 9.96. The van der Waals surface area contributed by atoms with Crippen LogP contribution in [0.5, 0.6) is 0 Å². The number of nitrogens with one attached hydrogen (secondary N) is 1. The smallest absolute Gasteiger partial charge is 0.253 e. The molecular weight excluding hydrogens is 336 g/mol. The van der Waals surface area contributed by atoms with Gasteiger partial charge in [0.15, 0.2) is 0 Å². The SMILES string of the molecule is Cc1ccc(CNC(=O)C2CCCN(C(=O)c3cc(C)cc(C)c3)C2)cc1. The minimum absolute atomic E-state index is 0.0258. The van der Waals surface area contributed by atoms with Crippen molar-refractivity contribution >= 4 is 11.8 Å². The van der Waals surface area contributed by atoms with Crippen LogP contribution in [0.1, 0.15) is 45.5 Å². The van der Waals surface area contributed by atoms with Crippen LogP contribution < -0.4 is 5.32 Å².